The molecule has 0 radical (unpaired) electrons. The van der Waals surface area contributed by atoms with Gasteiger partial charge in [-0.05, 0) is 124 Å². The zero-order valence-electron chi connectivity index (χ0n) is 80.2. The molecule has 17 unspecified atom stereocenters. The molecule has 48 atom stereocenters. The first-order chi connectivity index (χ1) is 66.2. The van der Waals surface area contributed by atoms with Gasteiger partial charge in [-0.2, -0.15) is 9.59 Å². The highest BCUT2D eigenvalue weighted by Crippen LogP contribution is 2.76. The Kier molecular flexibility index (Phi) is 37.8. The van der Waals surface area contributed by atoms with E-state index >= 15 is 4.79 Å². The Bertz CT molecular complexity index is 4070. The molecular formula is C93H151NO46. The minimum Gasteiger partial charge on any atom is -0.432 e. The average molecular weight is 2020 g/mol. The van der Waals surface area contributed by atoms with E-state index in [9.17, 15) is 127 Å². The number of aldehydes is 1. The molecule has 5 aliphatic carbocycles. The van der Waals surface area contributed by atoms with E-state index in [1.165, 1.54) is 13.8 Å². The third-order valence-corrected chi connectivity index (χ3v) is 33.5. The van der Waals surface area contributed by atoms with Crippen molar-refractivity contribution in [2.45, 2.75) is 416 Å². The van der Waals surface area contributed by atoms with Gasteiger partial charge >= 0.3 is 12.1 Å². The molecule has 0 aromatic heterocycles. The number of hydrogen-bond acceptors (Lipinski definition) is 46. The molecule has 9 heterocycles. The summed E-state index contributed by atoms with van der Waals surface area (Å²) in [6.45, 7) is 9.32. The zero-order valence-corrected chi connectivity index (χ0v) is 80.2. The number of carbonyl (C=O) groups excluding carboxylic acids is 5. The standard InChI is InChI=1S/C92H151NO44.CO2/c1-41-58(105)61(108)65(112)78(126-41)134-72-57(93-56(104)18-16-14-12-10-9-11-13-15-17-27-125-92(119)40-123-49(31-95)45(92)30-94)50(32-96)128-82(74(72)136-79-67(114)63(110)69(42(2)127-79)131-77-68(115)70(47(101)35-121-77)132-83-75(116)90(118,38-99)39-124-83)137-84(117)91-26-25-85(3,4)28-44(91)43-19-20-53-86(5)23-22-55(87(6,37-98)52(86)21-24-88(53,7)89(43,8)29-54(91)103)130-81-73(135-80-66(113)62(109)60(107)51(33-97)129-80)71(48(102)36-122-81)133-76-64(111)59(106)46(100)34-120-76;2-1-3/h19,37,41-42,44-55,57-83,94-97,99-103,105-116,118-119H,9-18,20-36,38-40H2,1-8H3,(H,93,104);/t41?,42?,44?,45-,46-,47-,48-,49+,50?,51?,52-,53?,54?,55+,57+,58+,59+,60+,61+,62+,63?,64?,65?,66?,67+,68-,69+,70?,71+,72?,73?,74-,75?,76+,77+,78+,79+,80+,81+,82+,83+,86?,87-,88+,89-,90+,91-,92?;/m1./s1. The average Bonchev–Trinajstić information content (AvgIpc) is 0.695. The van der Waals surface area contributed by atoms with E-state index in [0.717, 1.165) is 50.4 Å². The van der Waals surface area contributed by atoms with Gasteiger partial charge < -0.3 is 213 Å². The molecule has 47 heteroatoms. The van der Waals surface area contributed by atoms with Crippen molar-refractivity contribution >= 4 is 24.3 Å². The summed E-state index contributed by atoms with van der Waals surface area (Å²) in [5, 5.41) is 259. The highest BCUT2D eigenvalue weighted by Gasteiger charge is 2.74. The number of unbranched alkanes of at least 4 members (excludes halogenated alkanes) is 8. The summed E-state index contributed by atoms with van der Waals surface area (Å²) < 4.78 is 111. The molecule has 14 aliphatic rings. The van der Waals surface area contributed by atoms with Crippen molar-refractivity contribution < 1.29 is 227 Å². The van der Waals surface area contributed by atoms with Crippen LogP contribution in [0, 0.1) is 56.2 Å². The molecule has 47 nitrogen and oxygen atoms in total. The fourth-order valence-electron chi connectivity index (χ4n) is 24.9. The number of esters is 1. The summed E-state index contributed by atoms with van der Waals surface area (Å²) in [5.41, 5.74) is -7.37. The van der Waals surface area contributed by atoms with Crippen molar-refractivity contribution in [2.75, 3.05) is 72.7 Å². The van der Waals surface area contributed by atoms with Gasteiger partial charge in [0.25, 0.3) is 0 Å². The first kappa shape index (κ1) is 113. The molecule has 0 aromatic rings. The van der Waals surface area contributed by atoms with Crippen LogP contribution >= 0.6 is 0 Å². The van der Waals surface area contributed by atoms with Crippen molar-refractivity contribution in [3.63, 3.8) is 0 Å². The molecule has 9 aliphatic heterocycles. The SMILES string of the molecule is CC1O[C@@H](O[C@@H]2C(O[C@@H]3OC(C)[C@H](O)[C@H](O)C3O)[C@@H](NC(=O)CCCCCCCCCCCOC3(O)CO[C@@H](CO)[C@H]3CO)C(CO)O[C@H]2OC(=O)[C@]23CCC(C)(C)CC2C2=CCC4C5(C)CC[C@H](O[C@@H]6OC[C@@H](O)[C@H](O[C@@H]7OC[C@@H](O)[C@H](O)C7O)C6O[C@@H]6OC(CO)[C@H](O)[C@H](O)C6O)[C@](C)(C=O)[C@@H]5CC[C@]4(C)[C@]2(C)CC3O)[C@@H](O)C(O)[C@H]1O[C@@H]1OC[C@@H](O)C(O[C@@H]2OC[C@@](O)(CO)C2O)[C@H]1O.O=C=O. The summed E-state index contributed by atoms with van der Waals surface area (Å²) in [7, 11) is 0. The van der Waals surface area contributed by atoms with E-state index in [1.54, 1.807) is 6.92 Å². The number of rotatable bonds is 36. The van der Waals surface area contributed by atoms with Crippen molar-refractivity contribution in [3.8, 4) is 0 Å². The molecular weight excluding hydrogens is 1870 g/mol. The van der Waals surface area contributed by atoms with Crippen molar-refractivity contribution in [1.82, 2.24) is 5.32 Å². The maximum absolute atomic E-state index is 16.7. The van der Waals surface area contributed by atoms with Crippen molar-refractivity contribution in [3.05, 3.63) is 11.6 Å². The van der Waals surface area contributed by atoms with Gasteiger partial charge in [0.15, 0.2) is 55.9 Å². The molecule has 14 rings (SSSR count). The number of nitrogens with one attached hydrogen (secondary N) is 1. The zero-order chi connectivity index (χ0) is 102. The number of aliphatic hydroxyl groups excluding tert-OH is 21. The largest absolute Gasteiger partial charge is 0.432 e. The highest BCUT2D eigenvalue weighted by atomic mass is 16.8. The highest BCUT2D eigenvalue weighted by molar-refractivity contribution is 5.80. The van der Waals surface area contributed by atoms with E-state index in [-0.39, 0.29) is 57.6 Å². The maximum Gasteiger partial charge on any atom is 0.373 e. The summed E-state index contributed by atoms with van der Waals surface area (Å²) in [5.74, 6) is -5.66. The van der Waals surface area contributed by atoms with Gasteiger partial charge in [-0.25, -0.2) is 0 Å². The van der Waals surface area contributed by atoms with E-state index in [1.807, 2.05) is 0 Å². The molecule has 4 saturated carbocycles. The molecule has 9 saturated heterocycles. The quantitative estimate of drug-likeness (QED) is 0.00692. The normalized spacial score (nSPS) is 49.5. The number of fused-ring (bicyclic) bond motifs is 7. The molecule has 13 fully saturated rings. The Balaban J connectivity index is 0.00000543. The fourth-order valence-corrected chi connectivity index (χ4v) is 24.9. The van der Waals surface area contributed by atoms with Crippen LogP contribution in [0.15, 0.2) is 11.6 Å². The monoisotopic (exact) mass is 2020 g/mol. The predicted octanol–water partition coefficient (Wildman–Crippen LogP) is -6.83. The topological polar surface area (TPSA) is 729 Å². The Morgan fingerprint density at radius 2 is 1.01 bits per heavy atom. The number of allylic oxidation sites excluding steroid dienone is 2. The van der Waals surface area contributed by atoms with Crippen LogP contribution in [0.2, 0.25) is 0 Å². The third-order valence-electron chi connectivity index (χ3n) is 33.5. The number of ether oxygens (including phenoxy) is 18. The van der Waals surface area contributed by atoms with Crippen LogP contribution in [0.3, 0.4) is 0 Å². The van der Waals surface area contributed by atoms with Gasteiger partial charge in [-0.15, -0.1) is 0 Å². The number of amides is 1. The Hall–Kier alpha value is -3.87. The van der Waals surface area contributed by atoms with Crippen LogP contribution in [0.25, 0.3) is 0 Å². The molecule has 1 amide bonds. The molecule has 0 bridgehead atoms. The minimum atomic E-state index is -2.23. The Morgan fingerprint density at radius 3 is 1.64 bits per heavy atom. The second-order valence-corrected chi connectivity index (χ2v) is 42.7. The van der Waals surface area contributed by atoms with Crippen LogP contribution in [0.5, 0.6) is 0 Å². The van der Waals surface area contributed by atoms with Crippen LogP contribution in [-0.4, -0.2) is 453 Å². The van der Waals surface area contributed by atoms with Crippen LogP contribution < -0.4 is 5.32 Å². The number of aliphatic hydroxyl groups is 23. The third kappa shape index (κ3) is 22.4. The first-order valence-corrected chi connectivity index (χ1v) is 49.2. The molecule has 0 spiro atoms. The molecule has 140 heavy (non-hydrogen) atoms. The minimum absolute atomic E-state index is 0.0110. The Labute approximate surface area is 809 Å². The summed E-state index contributed by atoms with van der Waals surface area (Å²) in [4.78, 5) is 62.1. The lowest BCUT2D eigenvalue weighted by Crippen LogP contribution is -2.71. The second kappa shape index (κ2) is 46.7. The lowest BCUT2D eigenvalue weighted by molar-refractivity contribution is -0.386. The molecule has 0 aromatic carbocycles. The predicted molar refractivity (Wildman–Crippen MR) is 464 cm³/mol. The van der Waals surface area contributed by atoms with Crippen LogP contribution in [0.4, 0.5) is 0 Å². The van der Waals surface area contributed by atoms with E-state index in [0.29, 0.717) is 57.8 Å². The van der Waals surface area contributed by atoms with Gasteiger partial charge in [-0.1, -0.05) is 98.1 Å². The lowest BCUT2D eigenvalue weighted by Gasteiger charge is -2.71. The van der Waals surface area contributed by atoms with Gasteiger partial charge in [0.2, 0.25) is 12.2 Å². The van der Waals surface area contributed by atoms with Crippen molar-refractivity contribution in [2.24, 2.45) is 56.2 Å². The number of hydrogen-bond donors (Lipinski definition) is 24. The first-order valence-electron chi connectivity index (χ1n) is 49.2. The smallest absolute Gasteiger partial charge is 0.373 e. The second-order valence-electron chi connectivity index (χ2n) is 42.7. The molecule has 24 N–H and O–H groups in total. The lowest BCUT2D eigenvalue weighted by atomic mass is 9.33. The van der Waals surface area contributed by atoms with Crippen molar-refractivity contribution in [1.29, 1.82) is 0 Å². The summed E-state index contributed by atoms with van der Waals surface area (Å²) in [6, 6.07) is -1.62. The van der Waals surface area contributed by atoms with Crippen LogP contribution in [-0.2, 0) is 109 Å². The van der Waals surface area contributed by atoms with Gasteiger partial charge in [0.05, 0.1) is 114 Å². The summed E-state index contributed by atoms with van der Waals surface area (Å²) in [6.07, 6.45) is -50.6. The van der Waals surface area contributed by atoms with E-state index in [2.05, 4.69) is 46.0 Å². The summed E-state index contributed by atoms with van der Waals surface area (Å²) >= 11 is 0. The van der Waals surface area contributed by atoms with Crippen LogP contribution in [0.1, 0.15) is 177 Å². The van der Waals surface area contributed by atoms with E-state index in [4.69, 9.17) is 94.9 Å². The van der Waals surface area contributed by atoms with Gasteiger partial charge in [-0.3, -0.25) is 9.59 Å². The fraction of sp³-hybridized carbons (Fsp3) is 0.935. The maximum atomic E-state index is 16.7. The molecule has 804 valence electrons. The van der Waals surface area contributed by atoms with Gasteiger partial charge in [0.1, 0.15) is 158 Å². The van der Waals surface area contributed by atoms with Gasteiger partial charge in [0, 0.05) is 6.42 Å². The number of carbonyl (C=O) groups is 3. The van der Waals surface area contributed by atoms with E-state index < -0.39 is 354 Å². The Morgan fingerprint density at radius 1 is 0.479 bits per heavy atom.